The summed E-state index contributed by atoms with van der Waals surface area (Å²) in [7, 11) is 0. The smallest absolute Gasteiger partial charge is 0.272 e. The van der Waals surface area contributed by atoms with E-state index in [0.717, 1.165) is 12.8 Å². The summed E-state index contributed by atoms with van der Waals surface area (Å²) < 4.78 is 0.688. The first-order valence-electron chi connectivity index (χ1n) is 3.70. The van der Waals surface area contributed by atoms with Gasteiger partial charge in [0.05, 0.1) is 9.72 Å². The fraction of sp³-hybridized carbons (Fsp3) is 0.429. The minimum Gasteiger partial charge on any atom is -0.348 e. The van der Waals surface area contributed by atoms with Crippen molar-refractivity contribution in [1.82, 2.24) is 10.3 Å². The maximum absolute atomic E-state index is 11.4. The summed E-state index contributed by atoms with van der Waals surface area (Å²) in [6.45, 7) is 0. The number of nitrogens with one attached hydrogen (secondary N) is 1. The summed E-state index contributed by atoms with van der Waals surface area (Å²) in [5.41, 5.74) is 2.08. The predicted octanol–water partition coefficient (Wildman–Crippen LogP) is 1.32. The van der Waals surface area contributed by atoms with Crippen LogP contribution in [0.15, 0.2) is 9.72 Å². The Kier molecular flexibility index (Phi) is 2.06. The molecule has 5 heteroatoms. The van der Waals surface area contributed by atoms with Crippen molar-refractivity contribution in [2.75, 3.05) is 0 Å². The van der Waals surface area contributed by atoms with Gasteiger partial charge in [-0.05, 0) is 12.8 Å². The maximum atomic E-state index is 11.4. The maximum Gasteiger partial charge on any atom is 0.272 e. The van der Waals surface area contributed by atoms with E-state index < -0.39 is 0 Å². The van der Waals surface area contributed by atoms with Crippen molar-refractivity contribution in [2.45, 2.75) is 23.1 Å². The highest BCUT2D eigenvalue weighted by Crippen LogP contribution is 2.21. The molecule has 64 valence electrons. The lowest BCUT2D eigenvalue weighted by atomic mass is 10.4. The molecule has 1 heterocycles. The van der Waals surface area contributed by atoms with Crippen molar-refractivity contribution < 1.29 is 4.79 Å². The molecule has 0 aliphatic heterocycles. The SMILES string of the molecule is O=C(NC1CC1)c1ncsc1S. The molecule has 0 spiro atoms. The third kappa shape index (κ3) is 1.61. The van der Waals surface area contributed by atoms with E-state index in [1.54, 1.807) is 5.51 Å². The summed E-state index contributed by atoms with van der Waals surface area (Å²) in [6.07, 6.45) is 2.19. The Hall–Kier alpha value is -0.550. The molecule has 0 atom stereocenters. The van der Waals surface area contributed by atoms with Gasteiger partial charge in [0.15, 0.2) is 5.69 Å². The molecule has 1 N–H and O–H groups in total. The number of aromatic nitrogens is 1. The van der Waals surface area contributed by atoms with E-state index in [-0.39, 0.29) is 5.91 Å². The monoisotopic (exact) mass is 200 g/mol. The van der Waals surface area contributed by atoms with Gasteiger partial charge in [-0.3, -0.25) is 4.79 Å². The first-order chi connectivity index (χ1) is 5.77. The van der Waals surface area contributed by atoms with Crippen LogP contribution in [0.1, 0.15) is 23.3 Å². The largest absolute Gasteiger partial charge is 0.348 e. The lowest BCUT2D eigenvalue weighted by Crippen LogP contribution is -2.25. The van der Waals surface area contributed by atoms with Crippen molar-refractivity contribution >= 4 is 29.9 Å². The summed E-state index contributed by atoms with van der Waals surface area (Å²) >= 11 is 5.50. The quantitative estimate of drug-likeness (QED) is 0.707. The minimum atomic E-state index is -0.0937. The average Bonchev–Trinajstić information content (AvgIpc) is 2.72. The van der Waals surface area contributed by atoms with E-state index in [1.807, 2.05) is 0 Å². The van der Waals surface area contributed by atoms with Gasteiger partial charge in [0.25, 0.3) is 5.91 Å². The van der Waals surface area contributed by atoms with Gasteiger partial charge in [0, 0.05) is 6.04 Å². The van der Waals surface area contributed by atoms with E-state index in [2.05, 4.69) is 22.9 Å². The molecule has 1 aliphatic rings. The van der Waals surface area contributed by atoms with Crippen LogP contribution in [0.2, 0.25) is 0 Å². The predicted molar refractivity (Wildman–Crippen MR) is 49.9 cm³/mol. The highest BCUT2D eigenvalue weighted by atomic mass is 32.2. The number of thiol groups is 1. The van der Waals surface area contributed by atoms with Crippen LogP contribution in [0.3, 0.4) is 0 Å². The van der Waals surface area contributed by atoms with Crippen LogP contribution in [-0.4, -0.2) is 16.9 Å². The summed E-state index contributed by atoms with van der Waals surface area (Å²) in [4.78, 5) is 15.3. The molecule has 1 aromatic heterocycles. The highest BCUT2D eigenvalue weighted by Gasteiger charge is 2.25. The standard InChI is InChI=1S/C7H8N2OS2/c10-6(9-4-1-2-4)5-7(11)12-3-8-5/h3-4,11H,1-2H2,(H,9,10). The van der Waals surface area contributed by atoms with Gasteiger partial charge in [0.2, 0.25) is 0 Å². The molecule has 1 aliphatic carbocycles. The topological polar surface area (TPSA) is 42.0 Å². The average molecular weight is 200 g/mol. The fourth-order valence-corrected chi connectivity index (χ4v) is 1.69. The van der Waals surface area contributed by atoms with Crippen molar-refractivity contribution in [2.24, 2.45) is 0 Å². The first-order valence-corrected chi connectivity index (χ1v) is 5.03. The zero-order chi connectivity index (χ0) is 8.55. The van der Waals surface area contributed by atoms with Crippen LogP contribution in [0, 0.1) is 0 Å². The highest BCUT2D eigenvalue weighted by molar-refractivity contribution is 7.82. The van der Waals surface area contributed by atoms with E-state index in [4.69, 9.17) is 0 Å². The first kappa shape index (κ1) is 8.07. The molecule has 0 radical (unpaired) electrons. The van der Waals surface area contributed by atoms with Gasteiger partial charge in [-0.25, -0.2) is 4.98 Å². The number of hydrogen-bond donors (Lipinski definition) is 2. The number of rotatable bonds is 2. The van der Waals surface area contributed by atoms with Crippen LogP contribution < -0.4 is 5.32 Å². The molecule has 0 bridgehead atoms. The normalized spacial score (nSPS) is 16.1. The van der Waals surface area contributed by atoms with E-state index >= 15 is 0 Å². The van der Waals surface area contributed by atoms with Gasteiger partial charge in [-0.1, -0.05) is 0 Å². The lowest BCUT2D eigenvalue weighted by molar-refractivity contribution is 0.0944. The fourth-order valence-electron chi connectivity index (χ4n) is 0.877. The van der Waals surface area contributed by atoms with Crippen molar-refractivity contribution in [3.8, 4) is 0 Å². The lowest BCUT2D eigenvalue weighted by Gasteiger charge is -1.99. The molecule has 0 saturated heterocycles. The van der Waals surface area contributed by atoms with Crippen LogP contribution >= 0.6 is 24.0 Å². The summed E-state index contributed by atoms with van der Waals surface area (Å²) in [6, 6.07) is 0.381. The number of hydrogen-bond acceptors (Lipinski definition) is 4. The number of thiazole rings is 1. The van der Waals surface area contributed by atoms with Gasteiger partial charge >= 0.3 is 0 Å². The Morgan fingerprint density at radius 2 is 2.50 bits per heavy atom. The Balaban J connectivity index is 2.07. The van der Waals surface area contributed by atoms with Crippen molar-refractivity contribution in [1.29, 1.82) is 0 Å². The molecule has 3 nitrogen and oxygen atoms in total. The molecule has 1 fully saturated rings. The third-order valence-electron chi connectivity index (χ3n) is 1.68. The zero-order valence-corrected chi connectivity index (χ0v) is 7.99. The van der Waals surface area contributed by atoms with Gasteiger partial charge in [0.1, 0.15) is 0 Å². The van der Waals surface area contributed by atoms with E-state index in [0.29, 0.717) is 15.9 Å². The summed E-state index contributed by atoms with van der Waals surface area (Å²) in [5, 5.41) is 2.85. The Labute approximate surface area is 79.6 Å². The third-order valence-corrected chi connectivity index (χ3v) is 2.83. The van der Waals surface area contributed by atoms with Crippen molar-refractivity contribution in [3.63, 3.8) is 0 Å². The Morgan fingerprint density at radius 1 is 1.75 bits per heavy atom. The Morgan fingerprint density at radius 3 is 3.00 bits per heavy atom. The second-order valence-electron chi connectivity index (χ2n) is 2.75. The molecule has 1 saturated carbocycles. The summed E-state index contributed by atoms with van der Waals surface area (Å²) in [5.74, 6) is -0.0937. The van der Waals surface area contributed by atoms with Gasteiger partial charge < -0.3 is 5.32 Å². The molecule has 0 aromatic carbocycles. The molecule has 2 rings (SSSR count). The second kappa shape index (κ2) is 3.06. The van der Waals surface area contributed by atoms with Crippen molar-refractivity contribution in [3.05, 3.63) is 11.2 Å². The number of carbonyl (C=O) groups is 1. The molecular formula is C7H8N2OS2. The zero-order valence-electron chi connectivity index (χ0n) is 6.28. The van der Waals surface area contributed by atoms with Gasteiger partial charge in [-0.2, -0.15) is 0 Å². The molecular weight excluding hydrogens is 192 g/mol. The molecule has 0 unspecified atom stereocenters. The van der Waals surface area contributed by atoms with Crippen LogP contribution in [-0.2, 0) is 0 Å². The number of carbonyl (C=O) groups excluding carboxylic acids is 1. The van der Waals surface area contributed by atoms with Gasteiger partial charge in [-0.15, -0.1) is 24.0 Å². The molecule has 12 heavy (non-hydrogen) atoms. The molecule has 1 aromatic rings. The minimum absolute atomic E-state index is 0.0937. The number of nitrogens with zero attached hydrogens (tertiary/aromatic N) is 1. The van der Waals surface area contributed by atoms with Crippen LogP contribution in [0.5, 0.6) is 0 Å². The number of amides is 1. The Bertz CT molecular complexity index is 306. The van der Waals surface area contributed by atoms with Crippen LogP contribution in [0.25, 0.3) is 0 Å². The molecule has 1 amide bonds. The van der Waals surface area contributed by atoms with E-state index in [1.165, 1.54) is 11.3 Å². The second-order valence-corrected chi connectivity index (χ2v) is 4.36. The van der Waals surface area contributed by atoms with E-state index in [9.17, 15) is 4.79 Å². The van der Waals surface area contributed by atoms with Crippen LogP contribution in [0.4, 0.5) is 0 Å².